The minimum atomic E-state index is -0.967. The Morgan fingerprint density at radius 3 is 2.95 bits per heavy atom. The van der Waals surface area contributed by atoms with E-state index in [0.29, 0.717) is 5.69 Å². The summed E-state index contributed by atoms with van der Waals surface area (Å²) < 4.78 is 1.87. The zero-order valence-corrected chi connectivity index (χ0v) is 11.0. The van der Waals surface area contributed by atoms with E-state index in [9.17, 15) is 9.59 Å². The van der Waals surface area contributed by atoms with Gasteiger partial charge in [-0.3, -0.25) is 14.0 Å². The normalized spacial score (nSPS) is 14.7. The Balaban J connectivity index is 1.71. The van der Waals surface area contributed by atoms with Gasteiger partial charge in [0.1, 0.15) is 6.54 Å². The summed E-state index contributed by atoms with van der Waals surface area (Å²) in [6.07, 6.45) is 5.67. The molecule has 0 aromatic carbocycles. The molecule has 1 amide bonds. The van der Waals surface area contributed by atoms with Crippen LogP contribution in [-0.4, -0.2) is 43.9 Å². The van der Waals surface area contributed by atoms with Crippen molar-refractivity contribution >= 4 is 28.2 Å². The van der Waals surface area contributed by atoms with Crippen LogP contribution in [0.15, 0.2) is 17.8 Å². The Bertz CT molecular complexity index is 600. The minimum Gasteiger partial charge on any atom is -0.480 e. The van der Waals surface area contributed by atoms with Crippen LogP contribution in [0.2, 0.25) is 0 Å². The van der Waals surface area contributed by atoms with E-state index in [1.54, 1.807) is 0 Å². The van der Waals surface area contributed by atoms with Gasteiger partial charge >= 0.3 is 5.97 Å². The number of carboxylic acid groups (broad SMARTS) is 1. The fraction of sp³-hybridized carbons (Fsp3) is 0.417. The second kappa shape index (κ2) is 4.65. The zero-order valence-electron chi connectivity index (χ0n) is 10.2. The van der Waals surface area contributed by atoms with E-state index in [1.165, 1.54) is 16.2 Å². The van der Waals surface area contributed by atoms with Crippen LogP contribution in [0.25, 0.3) is 4.96 Å². The van der Waals surface area contributed by atoms with Crippen molar-refractivity contribution in [2.45, 2.75) is 25.3 Å². The second-order valence-electron chi connectivity index (χ2n) is 4.65. The molecule has 1 saturated carbocycles. The smallest absolute Gasteiger partial charge is 0.323 e. The molecule has 100 valence electrons. The average Bonchev–Trinajstić information content (AvgIpc) is 2.97. The second-order valence-corrected chi connectivity index (χ2v) is 5.52. The lowest BCUT2D eigenvalue weighted by atomic mass is 10.3. The molecule has 6 nitrogen and oxygen atoms in total. The molecule has 1 fully saturated rings. The molecule has 0 saturated heterocycles. The van der Waals surface area contributed by atoms with E-state index >= 15 is 0 Å². The first kappa shape index (κ1) is 12.2. The van der Waals surface area contributed by atoms with Crippen LogP contribution in [0.3, 0.4) is 0 Å². The maximum absolute atomic E-state index is 12.1. The molecule has 0 bridgehead atoms. The van der Waals surface area contributed by atoms with Crippen molar-refractivity contribution in [3.05, 3.63) is 23.5 Å². The van der Waals surface area contributed by atoms with Gasteiger partial charge in [-0.25, -0.2) is 4.98 Å². The number of nitrogens with zero attached hydrogens (tertiary/aromatic N) is 3. The average molecular weight is 279 g/mol. The lowest BCUT2D eigenvalue weighted by Gasteiger charge is -2.19. The first-order valence-electron chi connectivity index (χ1n) is 6.06. The number of carbonyl (C=O) groups is 2. The maximum Gasteiger partial charge on any atom is 0.323 e. The van der Waals surface area contributed by atoms with Crippen LogP contribution in [0.1, 0.15) is 18.5 Å². The molecule has 0 radical (unpaired) electrons. The topological polar surface area (TPSA) is 74.9 Å². The van der Waals surface area contributed by atoms with Crippen LogP contribution in [0.5, 0.6) is 0 Å². The highest BCUT2D eigenvalue weighted by Gasteiger charge is 2.33. The van der Waals surface area contributed by atoms with Crippen molar-refractivity contribution in [2.75, 3.05) is 6.54 Å². The molecule has 0 aliphatic heterocycles. The Hall–Kier alpha value is -1.89. The van der Waals surface area contributed by atoms with Crippen molar-refractivity contribution in [1.29, 1.82) is 0 Å². The first-order valence-corrected chi connectivity index (χ1v) is 6.94. The summed E-state index contributed by atoms with van der Waals surface area (Å²) in [5.41, 5.74) is 0.688. The van der Waals surface area contributed by atoms with E-state index in [2.05, 4.69) is 4.98 Å². The van der Waals surface area contributed by atoms with E-state index in [1.807, 2.05) is 22.2 Å². The van der Waals surface area contributed by atoms with Crippen LogP contribution in [0.4, 0.5) is 0 Å². The number of thiazole rings is 1. The monoisotopic (exact) mass is 279 g/mol. The van der Waals surface area contributed by atoms with Gasteiger partial charge in [-0.1, -0.05) is 0 Å². The number of imidazole rings is 1. The number of carbonyl (C=O) groups excluding carboxylic acids is 1. The van der Waals surface area contributed by atoms with Crippen molar-refractivity contribution < 1.29 is 14.7 Å². The van der Waals surface area contributed by atoms with Gasteiger partial charge in [0.2, 0.25) is 5.91 Å². The number of fused-ring (bicyclic) bond motifs is 1. The summed E-state index contributed by atoms with van der Waals surface area (Å²) >= 11 is 1.51. The molecule has 1 aliphatic carbocycles. The largest absolute Gasteiger partial charge is 0.480 e. The molecule has 2 heterocycles. The fourth-order valence-corrected chi connectivity index (χ4v) is 2.79. The molecular formula is C12H13N3O3S. The van der Waals surface area contributed by atoms with E-state index in [0.717, 1.165) is 17.8 Å². The highest BCUT2D eigenvalue weighted by Crippen LogP contribution is 2.27. The van der Waals surface area contributed by atoms with Gasteiger partial charge in [0.15, 0.2) is 4.96 Å². The molecule has 0 atom stereocenters. The Labute approximate surface area is 113 Å². The third-order valence-electron chi connectivity index (χ3n) is 3.09. The summed E-state index contributed by atoms with van der Waals surface area (Å²) in [6, 6.07) is 0.104. The van der Waals surface area contributed by atoms with Gasteiger partial charge < -0.3 is 10.0 Å². The first-order chi connectivity index (χ1) is 9.13. The standard InChI is InChI=1S/C12H13N3O3S/c16-10(15(7-11(17)18)9-1-2-9)5-8-6-14-3-4-19-12(14)13-8/h3-4,6,9H,1-2,5,7H2,(H,17,18). The van der Waals surface area contributed by atoms with Crippen LogP contribution >= 0.6 is 11.3 Å². The Morgan fingerprint density at radius 1 is 1.53 bits per heavy atom. The summed E-state index contributed by atoms with van der Waals surface area (Å²) in [5.74, 6) is -1.12. The lowest BCUT2D eigenvalue weighted by molar-refractivity contribution is -0.144. The van der Waals surface area contributed by atoms with Crippen molar-refractivity contribution in [3.63, 3.8) is 0 Å². The van der Waals surface area contributed by atoms with Gasteiger partial charge in [-0.05, 0) is 12.8 Å². The fourth-order valence-electron chi connectivity index (χ4n) is 2.07. The highest BCUT2D eigenvalue weighted by atomic mass is 32.1. The van der Waals surface area contributed by atoms with Gasteiger partial charge in [0, 0.05) is 23.8 Å². The number of amides is 1. The molecule has 0 unspecified atom stereocenters. The minimum absolute atomic E-state index is 0.104. The third kappa shape index (κ3) is 2.60. The van der Waals surface area contributed by atoms with Gasteiger partial charge in [0.05, 0.1) is 12.1 Å². The molecule has 0 spiro atoms. The molecule has 2 aromatic heterocycles. The van der Waals surface area contributed by atoms with Gasteiger partial charge in [-0.2, -0.15) is 0 Å². The highest BCUT2D eigenvalue weighted by molar-refractivity contribution is 7.15. The summed E-state index contributed by atoms with van der Waals surface area (Å²) in [5, 5.41) is 10.8. The third-order valence-corrected chi connectivity index (χ3v) is 3.86. The lowest BCUT2D eigenvalue weighted by Crippen LogP contribution is -2.38. The SMILES string of the molecule is O=C(O)CN(C(=O)Cc1cn2ccsc2n1)C1CC1. The zero-order chi connectivity index (χ0) is 13.4. The van der Waals surface area contributed by atoms with Crippen LogP contribution in [-0.2, 0) is 16.0 Å². The van der Waals surface area contributed by atoms with E-state index in [-0.39, 0.29) is 24.9 Å². The quantitative estimate of drug-likeness (QED) is 0.886. The predicted octanol–water partition coefficient (Wildman–Crippen LogP) is 1.01. The molecule has 1 aliphatic rings. The van der Waals surface area contributed by atoms with Crippen molar-refractivity contribution in [1.82, 2.24) is 14.3 Å². The number of carboxylic acids is 1. The maximum atomic E-state index is 12.1. The molecular weight excluding hydrogens is 266 g/mol. The summed E-state index contributed by atoms with van der Waals surface area (Å²) in [6.45, 7) is -0.217. The Morgan fingerprint density at radius 2 is 2.32 bits per heavy atom. The molecule has 19 heavy (non-hydrogen) atoms. The molecule has 2 aromatic rings. The Kier molecular flexibility index (Phi) is 2.98. The summed E-state index contributed by atoms with van der Waals surface area (Å²) in [4.78, 5) is 29.6. The number of hydrogen-bond acceptors (Lipinski definition) is 4. The number of aromatic nitrogens is 2. The van der Waals surface area contributed by atoms with Crippen LogP contribution < -0.4 is 0 Å². The van der Waals surface area contributed by atoms with E-state index in [4.69, 9.17) is 5.11 Å². The van der Waals surface area contributed by atoms with Gasteiger partial charge in [0.25, 0.3) is 0 Å². The van der Waals surface area contributed by atoms with E-state index < -0.39 is 5.97 Å². The van der Waals surface area contributed by atoms with Crippen molar-refractivity contribution in [3.8, 4) is 0 Å². The summed E-state index contributed by atoms with van der Waals surface area (Å²) in [7, 11) is 0. The number of aliphatic carboxylic acids is 1. The van der Waals surface area contributed by atoms with Gasteiger partial charge in [-0.15, -0.1) is 11.3 Å². The molecule has 1 N–H and O–H groups in total. The predicted molar refractivity (Wildman–Crippen MR) is 69.1 cm³/mol. The molecule has 7 heteroatoms. The van der Waals surface area contributed by atoms with Crippen molar-refractivity contribution in [2.24, 2.45) is 0 Å². The van der Waals surface area contributed by atoms with Crippen LogP contribution in [0, 0.1) is 0 Å². The number of rotatable bonds is 5. The molecule has 3 rings (SSSR count). The number of hydrogen-bond donors (Lipinski definition) is 1.